The Morgan fingerprint density at radius 2 is 1.64 bits per heavy atom. The van der Waals surface area contributed by atoms with Gasteiger partial charge in [-0.05, 0) is 92.8 Å². The normalized spacial score (nSPS) is 16.5. The second kappa shape index (κ2) is 18.8. The Balaban J connectivity index is 0.990. The van der Waals surface area contributed by atoms with E-state index in [1.807, 2.05) is 100 Å². The van der Waals surface area contributed by atoms with Crippen LogP contribution in [0.25, 0.3) is 26.6 Å². The van der Waals surface area contributed by atoms with E-state index in [4.69, 9.17) is 9.73 Å². The van der Waals surface area contributed by atoms with Crippen LogP contribution in [0.3, 0.4) is 0 Å². The molecule has 0 spiro atoms. The predicted molar refractivity (Wildman–Crippen MR) is 259 cm³/mol. The van der Waals surface area contributed by atoms with Crippen LogP contribution >= 0.6 is 22.7 Å². The molecule has 4 unspecified atom stereocenters. The molecule has 0 radical (unpaired) electrons. The number of thiazole rings is 1. The number of esters is 1. The number of methoxy groups -OCH3 is 1. The summed E-state index contributed by atoms with van der Waals surface area (Å²) >= 11 is 3.21. The standard InChI is InChI=1S/C51H53N9O5S2/c1-27-30(4)67-50-42(27)43(55-39(24-41(61)65-9)46-58-57-31(5)60(46)50)34-16-14-33(15-17-34)38-21-20-36(23-37(38)25-52)47(62)56-45(51(6,7)8)49(64)59-22-10-11-40(59)48(63)54-28(2)32-12-18-35(19-13-32)44-29(3)53-26-66-44/h12-21,23,26,28,39-40,45H,10-11,22,24H2,1-9H3,(H,54,63)(H,56,62). The maximum absolute atomic E-state index is 14.4. The molecule has 16 heteroatoms. The lowest BCUT2D eigenvalue weighted by Crippen LogP contribution is -2.57. The number of hydrogen-bond donors (Lipinski definition) is 2. The topological polar surface area (TPSA) is 185 Å². The number of thiophene rings is 1. The first-order chi connectivity index (χ1) is 32.0. The first-order valence-electron chi connectivity index (χ1n) is 22.2. The maximum Gasteiger partial charge on any atom is 0.308 e. The zero-order valence-corrected chi connectivity index (χ0v) is 40.7. The summed E-state index contributed by atoms with van der Waals surface area (Å²) in [5, 5.41) is 26.2. The van der Waals surface area contributed by atoms with E-state index in [2.05, 4.69) is 45.7 Å². The lowest BCUT2D eigenvalue weighted by Gasteiger charge is -2.35. The summed E-state index contributed by atoms with van der Waals surface area (Å²) in [7, 11) is 1.35. The summed E-state index contributed by atoms with van der Waals surface area (Å²) < 4.78 is 7.01. The number of nitrogens with zero attached hydrogens (tertiary/aromatic N) is 7. The number of ether oxygens (including phenoxy) is 1. The van der Waals surface area contributed by atoms with E-state index in [-0.39, 0.29) is 35.4 Å². The van der Waals surface area contributed by atoms with Crippen molar-refractivity contribution < 1.29 is 23.9 Å². The van der Waals surface area contributed by atoms with E-state index < -0.39 is 35.4 Å². The Morgan fingerprint density at radius 3 is 2.30 bits per heavy atom. The molecule has 3 amide bonds. The van der Waals surface area contributed by atoms with Gasteiger partial charge in [-0.25, -0.2) is 4.98 Å². The number of hydrogen-bond acceptors (Lipinski definition) is 12. The van der Waals surface area contributed by atoms with E-state index in [0.717, 1.165) is 53.8 Å². The average molecular weight is 936 g/mol. The lowest BCUT2D eigenvalue weighted by atomic mass is 9.85. The van der Waals surface area contributed by atoms with Gasteiger partial charge in [-0.15, -0.1) is 32.9 Å². The first-order valence-corrected chi connectivity index (χ1v) is 23.9. The SMILES string of the molecule is COC(=O)CC1N=C(c2ccc(-c3ccc(C(=O)NC(C(=O)N4CCCC4C(=O)NC(C)c4ccc(-c5scnc5C)cc4)C(C)(C)C)cc3C#N)cc2)c2c(sc(C)c2C)-n2c(C)nnc21. The summed E-state index contributed by atoms with van der Waals surface area (Å²) in [4.78, 5) is 68.1. The minimum atomic E-state index is -0.957. The Hall–Kier alpha value is -6.83. The molecule has 14 nitrogen and oxygen atoms in total. The molecule has 344 valence electrons. The van der Waals surface area contributed by atoms with Crippen LogP contribution in [0.4, 0.5) is 0 Å². The fourth-order valence-corrected chi connectivity index (χ4v) is 10.9. The molecule has 2 aliphatic rings. The van der Waals surface area contributed by atoms with Crippen molar-refractivity contribution >= 4 is 52.1 Å². The third-order valence-corrected chi connectivity index (χ3v) is 14.9. The van der Waals surface area contributed by atoms with Crippen molar-refractivity contribution in [2.75, 3.05) is 13.7 Å². The van der Waals surface area contributed by atoms with Gasteiger partial charge < -0.3 is 20.3 Å². The highest BCUT2D eigenvalue weighted by atomic mass is 32.1. The number of benzene rings is 3. The molecule has 8 rings (SSSR count). The highest BCUT2D eigenvalue weighted by Crippen LogP contribution is 2.40. The summed E-state index contributed by atoms with van der Waals surface area (Å²) in [6, 6.07) is 20.4. The van der Waals surface area contributed by atoms with Gasteiger partial charge >= 0.3 is 5.97 Å². The van der Waals surface area contributed by atoms with Gasteiger partial charge in [-0.2, -0.15) is 5.26 Å². The number of carbonyl (C=O) groups is 4. The number of carbonyl (C=O) groups excluding carboxylic acids is 4. The molecule has 1 fully saturated rings. The third-order valence-electron chi connectivity index (χ3n) is 12.7. The molecule has 67 heavy (non-hydrogen) atoms. The summed E-state index contributed by atoms with van der Waals surface area (Å²) in [5.74, 6) is -0.247. The second-order valence-electron chi connectivity index (χ2n) is 18.2. The molecule has 2 N–H and O–H groups in total. The van der Waals surface area contributed by atoms with Crippen LogP contribution < -0.4 is 10.6 Å². The quantitative estimate of drug-likeness (QED) is 0.120. The third kappa shape index (κ3) is 9.18. The Morgan fingerprint density at radius 1 is 0.940 bits per heavy atom. The monoisotopic (exact) mass is 935 g/mol. The molecule has 0 saturated carbocycles. The number of aliphatic imine (C=N–C) groups is 1. The molecule has 0 aliphatic carbocycles. The summed E-state index contributed by atoms with van der Waals surface area (Å²) in [6.45, 7) is 15.9. The zero-order chi connectivity index (χ0) is 47.9. The smallest absolute Gasteiger partial charge is 0.308 e. The average Bonchev–Trinajstić information content (AvgIpc) is 4.11. The molecule has 3 aromatic carbocycles. The maximum atomic E-state index is 14.4. The van der Waals surface area contributed by atoms with Crippen LogP contribution in [0, 0.1) is 44.4 Å². The summed E-state index contributed by atoms with van der Waals surface area (Å²) in [6.07, 6.45) is 1.15. The van der Waals surface area contributed by atoms with Gasteiger partial charge in [-0.3, -0.25) is 28.7 Å². The molecule has 2 aliphatic heterocycles. The van der Waals surface area contributed by atoms with Crippen molar-refractivity contribution in [2.45, 2.75) is 98.8 Å². The van der Waals surface area contributed by atoms with E-state index in [0.29, 0.717) is 42.3 Å². The zero-order valence-electron chi connectivity index (χ0n) is 39.1. The van der Waals surface area contributed by atoms with Gasteiger partial charge in [0.1, 0.15) is 29.0 Å². The van der Waals surface area contributed by atoms with Gasteiger partial charge in [0.15, 0.2) is 5.82 Å². The van der Waals surface area contributed by atoms with Crippen molar-refractivity contribution in [3.05, 3.63) is 128 Å². The van der Waals surface area contributed by atoms with Crippen LogP contribution in [0.1, 0.15) is 119 Å². The molecule has 3 aromatic heterocycles. The van der Waals surface area contributed by atoms with Gasteiger partial charge in [0.05, 0.1) is 53.0 Å². The van der Waals surface area contributed by atoms with Crippen LogP contribution in [-0.2, 0) is 19.1 Å². The fraction of sp³-hybridized carbons (Fsp3) is 0.353. The Bertz CT molecular complexity index is 2970. The van der Waals surface area contributed by atoms with Crippen molar-refractivity contribution in [1.29, 1.82) is 5.26 Å². The fourth-order valence-electron chi connectivity index (χ4n) is 8.83. The molecular weight excluding hydrogens is 883 g/mol. The van der Waals surface area contributed by atoms with Crippen LogP contribution in [0.5, 0.6) is 0 Å². The molecule has 1 saturated heterocycles. The van der Waals surface area contributed by atoms with Crippen molar-refractivity contribution in [3.8, 4) is 32.6 Å². The largest absolute Gasteiger partial charge is 0.469 e. The second-order valence-corrected chi connectivity index (χ2v) is 20.3. The first kappa shape index (κ1) is 46.7. The number of nitriles is 1. The van der Waals surface area contributed by atoms with Gasteiger partial charge in [0.2, 0.25) is 11.8 Å². The van der Waals surface area contributed by atoms with Crippen molar-refractivity contribution in [2.24, 2.45) is 10.4 Å². The van der Waals surface area contributed by atoms with E-state index in [9.17, 15) is 24.4 Å². The minimum absolute atomic E-state index is 0.0137. The number of aryl methyl sites for hydroxylation is 3. The molecule has 6 aromatic rings. The lowest BCUT2D eigenvalue weighted by molar-refractivity contribution is -0.142. The molecule has 4 atom stereocenters. The van der Waals surface area contributed by atoms with Crippen LogP contribution in [0.2, 0.25) is 0 Å². The van der Waals surface area contributed by atoms with Gasteiger partial charge in [0.25, 0.3) is 5.91 Å². The number of fused-ring (bicyclic) bond motifs is 3. The van der Waals surface area contributed by atoms with Crippen LogP contribution in [-0.4, -0.2) is 79.8 Å². The number of aromatic nitrogens is 4. The number of amides is 3. The Kier molecular flexibility index (Phi) is 13.1. The van der Waals surface area contributed by atoms with E-state index in [1.54, 1.807) is 39.7 Å². The molecule has 5 heterocycles. The van der Waals surface area contributed by atoms with Gasteiger partial charge in [-0.1, -0.05) is 75.4 Å². The van der Waals surface area contributed by atoms with E-state index >= 15 is 0 Å². The predicted octanol–water partition coefficient (Wildman–Crippen LogP) is 8.69. The van der Waals surface area contributed by atoms with Crippen molar-refractivity contribution in [1.82, 2.24) is 35.3 Å². The number of rotatable bonds is 11. The highest BCUT2D eigenvalue weighted by molar-refractivity contribution is 7.15. The van der Waals surface area contributed by atoms with Crippen LogP contribution in [0.15, 0.2) is 77.2 Å². The Labute approximate surface area is 398 Å². The minimum Gasteiger partial charge on any atom is -0.469 e. The molecular formula is C51H53N9O5S2. The number of nitrogens with one attached hydrogen (secondary N) is 2. The van der Waals surface area contributed by atoms with Gasteiger partial charge in [0, 0.05) is 28.1 Å². The van der Waals surface area contributed by atoms with E-state index in [1.165, 1.54) is 13.2 Å². The number of likely N-dealkylation sites (tertiary alicyclic amines) is 1. The van der Waals surface area contributed by atoms with Crippen molar-refractivity contribution in [3.63, 3.8) is 0 Å². The summed E-state index contributed by atoms with van der Waals surface area (Å²) in [5.41, 5.74) is 9.49. The highest BCUT2D eigenvalue weighted by Gasteiger charge is 2.42. The molecule has 0 bridgehead atoms.